The Morgan fingerprint density at radius 3 is 2.23 bits per heavy atom. The number of anilines is 1. The highest BCUT2D eigenvalue weighted by Crippen LogP contribution is 2.22. The minimum Gasteiger partial charge on any atom is -0.494 e. The smallest absolute Gasteiger partial charge is 0.271 e. The van der Waals surface area contributed by atoms with E-state index in [1.807, 2.05) is 31.2 Å². The van der Waals surface area contributed by atoms with E-state index in [2.05, 4.69) is 24.4 Å². The summed E-state index contributed by atoms with van der Waals surface area (Å²) in [4.78, 5) is 12.6. The number of carbonyl (C=O) groups is 1. The summed E-state index contributed by atoms with van der Waals surface area (Å²) >= 11 is 0. The summed E-state index contributed by atoms with van der Waals surface area (Å²) < 4.78 is 32.6. The molecule has 0 spiro atoms. The third-order valence-electron chi connectivity index (χ3n) is 5.40. The molecule has 0 atom stereocenters. The van der Waals surface area contributed by atoms with Crippen LogP contribution in [0.1, 0.15) is 41.8 Å². The molecule has 0 saturated carbocycles. The van der Waals surface area contributed by atoms with Gasteiger partial charge in [0.15, 0.2) is 0 Å². The largest absolute Gasteiger partial charge is 0.494 e. The van der Waals surface area contributed by atoms with E-state index in [1.54, 1.807) is 54.7 Å². The van der Waals surface area contributed by atoms with Crippen LogP contribution in [0.4, 0.5) is 5.69 Å². The molecule has 0 aliphatic heterocycles. The topological polar surface area (TPSA) is 88.1 Å². The highest BCUT2D eigenvalue weighted by Gasteiger charge is 2.21. The van der Waals surface area contributed by atoms with Gasteiger partial charge in [-0.3, -0.25) is 9.10 Å². The molecule has 1 amide bonds. The summed E-state index contributed by atoms with van der Waals surface area (Å²) in [5, 5.41) is 4.00. The second-order valence-corrected chi connectivity index (χ2v) is 10.6. The molecule has 0 unspecified atom stereocenters. The van der Waals surface area contributed by atoms with Gasteiger partial charge >= 0.3 is 0 Å². The van der Waals surface area contributed by atoms with E-state index in [1.165, 1.54) is 11.4 Å². The number of nitrogens with one attached hydrogen (secondary N) is 1. The van der Waals surface area contributed by atoms with Crippen molar-refractivity contribution < 1.29 is 17.9 Å². The van der Waals surface area contributed by atoms with E-state index in [0.717, 1.165) is 23.3 Å². The number of carbonyl (C=O) groups excluding carboxylic acids is 1. The Hall–Kier alpha value is -3.65. The van der Waals surface area contributed by atoms with E-state index >= 15 is 0 Å². The van der Waals surface area contributed by atoms with Gasteiger partial charge in [0.2, 0.25) is 0 Å². The fraction of sp³-hybridized carbons (Fsp3) is 0.259. The standard InChI is InChI=1S/C27H31N3O4S/c1-20(2)17-18-34-25-13-7-22(8-14-25)19-28-29-27(31)23-9-11-24(12-10-23)30(4)35(32,33)26-15-5-21(3)6-16-26/h5-16,19-20H,17-18H2,1-4H3,(H,29,31)/b28-19-. The summed E-state index contributed by atoms with van der Waals surface area (Å²) in [5.74, 6) is 0.987. The van der Waals surface area contributed by atoms with Gasteiger partial charge in [-0.2, -0.15) is 5.10 Å². The Kier molecular flexibility index (Phi) is 8.65. The zero-order valence-corrected chi connectivity index (χ0v) is 21.2. The predicted molar refractivity (Wildman–Crippen MR) is 140 cm³/mol. The number of hydrazone groups is 1. The number of rotatable bonds is 10. The molecule has 0 heterocycles. The molecule has 8 heteroatoms. The molecule has 3 aromatic rings. The molecule has 0 fully saturated rings. The summed E-state index contributed by atoms with van der Waals surface area (Å²) in [6.07, 6.45) is 2.54. The lowest BCUT2D eigenvalue weighted by atomic mass is 10.1. The van der Waals surface area contributed by atoms with E-state index in [4.69, 9.17) is 4.74 Å². The van der Waals surface area contributed by atoms with Crippen molar-refractivity contribution in [1.29, 1.82) is 0 Å². The van der Waals surface area contributed by atoms with Crippen molar-refractivity contribution >= 4 is 27.8 Å². The first-order valence-corrected chi connectivity index (χ1v) is 12.8. The maximum atomic E-state index is 12.9. The Labute approximate surface area is 207 Å². The minimum atomic E-state index is -3.70. The van der Waals surface area contributed by atoms with E-state index in [9.17, 15) is 13.2 Å². The second kappa shape index (κ2) is 11.7. The Morgan fingerprint density at radius 1 is 1.00 bits per heavy atom. The number of hydrogen-bond acceptors (Lipinski definition) is 5. The van der Waals surface area contributed by atoms with Gasteiger partial charge in [0, 0.05) is 12.6 Å². The zero-order chi connectivity index (χ0) is 25.4. The van der Waals surface area contributed by atoms with Crippen molar-refractivity contribution in [3.63, 3.8) is 0 Å². The van der Waals surface area contributed by atoms with Gasteiger partial charge in [0.25, 0.3) is 15.9 Å². The third-order valence-corrected chi connectivity index (χ3v) is 7.20. The van der Waals surface area contributed by atoms with Gasteiger partial charge in [0.1, 0.15) is 5.75 Å². The number of benzene rings is 3. The lowest BCUT2D eigenvalue weighted by molar-refractivity contribution is 0.0955. The molecule has 0 aromatic heterocycles. The summed E-state index contributed by atoms with van der Waals surface area (Å²) in [7, 11) is -2.22. The van der Waals surface area contributed by atoms with Crippen LogP contribution in [-0.4, -0.2) is 34.2 Å². The highest BCUT2D eigenvalue weighted by atomic mass is 32.2. The first kappa shape index (κ1) is 26.0. The molecule has 0 aliphatic carbocycles. The molecule has 35 heavy (non-hydrogen) atoms. The molecular weight excluding hydrogens is 462 g/mol. The van der Waals surface area contributed by atoms with Crippen LogP contribution in [0.5, 0.6) is 5.75 Å². The SMILES string of the molecule is Cc1ccc(S(=O)(=O)N(C)c2ccc(C(=O)N/N=C\c3ccc(OCCC(C)C)cc3)cc2)cc1. The van der Waals surface area contributed by atoms with Crippen molar-refractivity contribution in [2.45, 2.75) is 32.1 Å². The van der Waals surface area contributed by atoms with Crippen LogP contribution in [0.25, 0.3) is 0 Å². The average molecular weight is 494 g/mol. The Morgan fingerprint density at radius 2 is 1.63 bits per heavy atom. The monoisotopic (exact) mass is 493 g/mol. The molecular formula is C27H31N3O4S. The zero-order valence-electron chi connectivity index (χ0n) is 20.4. The number of aryl methyl sites for hydroxylation is 1. The van der Waals surface area contributed by atoms with Crippen LogP contribution in [0.2, 0.25) is 0 Å². The maximum absolute atomic E-state index is 12.9. The van der Waals surface area contributed by atoms with Gasteiger partial charge in [-0.05, 0) is 85.5 Å². The van der Waals surface area contributed by atoms with Crippen LogP contribution in [0, 0.1) is 12.8 Å². The Bertz CT molecular complexity index is 1250. The van der Waals surface area contributed by atoms with Crippen molar-refractivity contribution in [3.05, 3.63) is 89.5 Å². The molecule has 1 N–H and O–H groups in total. The summed E-state index contributed by atoms with van der Waals surface area (Å²) in [5.41, 5.74) is 5.09. The number of amides is 1. The van der Waals surface area contributed by atoms with Crippen molar-refractivity contribution in [1.82, 2.24) is 5.43 Å². The number of ether oxygens (including phenoxy) is 1. The third kappa shape index (κ3) is 7.16. The average Bonchev–Trinajstić information content (AvgIpc) is 2.84. The fourth-order valence-electron chi connectivity index (χ4n) is 3.12. The molecule has 0 bridgehead atoms. The summed E-state index contributed by atoms with van der Waals surface area (Å²) in [6.45, 7) is 6.88. The Balaban J connectivity index is 1.57. The molecule has 3 rings (SSSR count). The number of hydrogen-bond donors (Lipinski definition) is 1. The number of sulfonamides is 1. The van der Waals surface area contributed by atoms with Crippen LogP contribution < -0.4 is 14.5 Å². The van der Waals surface area contributed by atoms with E-state index < -0.39 is 15.9 Å². The molecule has 0 aliphatic rings. The van der Waals surface area contributed by atoms with Gasteiger partial charge < -0.3 is 4.74 Å². The first-order valence-electron chi connectivity index (χ1n) is 11.4. The van der Waals surface area contributed by atoms with Crippen molar-refractivity contribution in [2.24, 2.45) is 11.0 Å². The van der Waals surface area contributed by atoms with Crippen molar-refractivity contribution in [2.75, 3.05) is 18.0 Å². The highest BCUT2D eigenvalue weighted by molar-refractivity contribution is 7.92. The first-order chi connectivity index (χ1) is 16.7. The maximum Gasteiger partial charge on any atom is 0.271 e. The number of nitrogens with zero attached hydrogens (tertiary/aromatic N) is 2. The van der Waals surface area contributed by atoms with Crippen LogP contribution >= 0.6 is 0 Å². The van der Waals surface area contributed by atoms with Crippen LogP contribution in [0.3, 0.4) is 0 Å². The lowest BCUT2D eigenvalue weighted by Gasteiger charge is -2.19. The van der Waals surface area contributed by atoms with Gasteiger partial charge in [-0.15, -0.1) is 0 Å². The predicted octanol–water partition coefficient (Wildman–Crippen LogP) is 5.01. The molecule has 0 radical (unpaired) electrons. The molecule has 0 saturated heterocycles. The van der Waals surface area contributed by atoms with Crippen molar-refractivity contribution in [3.8, 4) is 5.75 Å². The van der Waals surface area contributed by atoms with Crippen LogP contribution in [0.15, 0.2) is 82.8 Å². The fourth-order valence-corrected chi connectivity index (χ4v) is 4.32. The normalized spacial score (nSPS) is 11.6. The van der Waals surface area contributed by atoms with Gasteiger partial charge in [-0.25, -0.2) is 13.8 Å². The van der Waals surface area contributed by atoms with Gasteiger partial charge in [-0.1, -0.05) is 31.5 Å². The quantitative estimate of drug-likeness (QED) is 0.318. The van der Waals surface area contributed by atoms with E-state index in [0.29, 0.717) is 23.8 Å². The van der Waals surface area contributed by atoms with Gasteiger partial charge in [0.05, 0.1) is 23.4 Å². The molecule has 184 valence electrons. The molecule has 7 nitrogen and oxygen atoms in total. The van der Waals surface area contributed by atoms with Crippen LogP contribution in [-0.2, 0) is 10.0 Å². The second-order valence-electron chi connectivity index (χ2n) is 8.63. The molecule has 3 aromatic carbocycles. The lowest BCUT2D eigenvalue weighted by Crippen LogP contribution is -2.26. The van der Waals surface area contributed by atoms with E-state index in [-0.39, 0.29) is 4.90 Å². The minimum absolute atomic E-state index is 0.205. The summed E-state index contributed by atoms with van der Waals surface area (Å²) in [6, 6.07) is 20.4.